The third-order valence-corrected chi connectivity index (χ3v) is 3.03. The van der Waals surface area contributed by atoms with E-state index < -0.39 is 0 Å². The van der Waals surface area contributed by atoms with Crippen LogP contribution in [0.3, 0.4) is 0 Å². The molecule has 0 spiro atoms. The Hall–Kier alpha value is -0.560. The van der Waals surface area contributed by atoms with Crippen LogP contribution in [0.5, 0.6) is 0 Å². The van der Waals surface area contributed by atoms with Crippen molar-refractivity contribution in [1.29, 1.82) is 0 Å². The van der Waals surface area contributed by atoms with Gasteiger partial charge in [0.15, 0.2) is 0 Å². The van der Waals surface area contributed by atoms with Gasteiger partial charge in [-0.15, -0.1) is 0 Å². The zero-order valence-corrected chi connectivity index (χ0v) is 9.82. The Morgan fingerprint density at radius 2 is 2.50 bits per heavy atom. The van der Waals surface area contributed by atoms with E-state index in [2.05, 4.69) is 27.9 Å². The third kappa shape index (κ3) is 1.66. The fraction of sp³-hybridized carbons (Fsp3) is 0.444. The lowest BCUT2D eigenvalue weighted by molar-refractivity contribution is 0.0913. The number of nitrogens with two attached hydrogens (primary N) is 1. The summed E-state index contributed by atoms with van der Waals surface area (Å²) in [5, 5.41) is 2.87. The van der Waals surface area contributed by atoms with Crippen molar-refractivity contribution in [3.63, 3.8) is 0 Å². The average molecular weight is 305 g/mol. The first kappa shape index (κ1) is 9.97. The van der Waals surface area contributed by atoms with Gasteiger partial charge >= 0.3 is 0 Å². The summed E-state index contributed by atoms with van der Waals surface area (Å²) >= 11 is 2.22. The third-order valence-electron chi connectivity index (χ3n) is 2.44. The molecule has 0 aliphatic carbocycles. The Morgan fingerprint density at radius 1 is 1.71 bits per heavy atom. The molecule has 1 aliphatic rings. The lowest BCUT2D eigenvalue weighted by Crippen LogP contribution is -2.39. The smallest absolute Gasteiger partial charge is 0.268 e. The van der Waals surface area contributed by atoms with Gasteiger partial charge in [-0.1, -0.05) is 0 Å². The van der Waals surface area contributed by atoms with E-state index in [4.69, 9.17) is 5.73 Å². The van der Waals surface area contributed by atoms with E-state index in [9.17, 15) is 4.79 Å². The first-order valence-electron chi connectivity index (χ1n) is 4.58. The molecular formula is C9H12IN3O. The molecule has 14 heavy (non-hydrogen) atoms. The van der Waals surface area contributed by atoms with E-state index in [1.165, 1.54) is 0 Å². The highest BCUT2D eigenvalue weighted by molar-refractivity contribution is 14.1. The average Bonchev–Trinajstić information content (AvgIpc) is 2.53. The Bertz CT molecular complexity index is 361. The highest BCUT2D eigenvalue weighted by Gasteiger charge is 2.24. The van der Waals surface area contributed by atoms with Crippen LogP contribution in [0.25, 0.3) is 0 Å². The van der Waals surface area contributed by atoms with Crippen LogP contribution in [-0.4, -0.2) is 23.6 Å². The molecule has 2 heterocycles. The predicted molar refractivity (Wildman–Crippen MR) is 62.2 cm³/mol. The zero-order valence-electron chi connectivity index (χ0n) is 7.66. The molecule has 0 aromatic carbocycles. The van der Waals surface area contributed by atoms with Gasteiger partial charge in [0.25, 0.3) is 5.91 Å². The normalized spacial score (nSPS) is 20.4. The van der Waals surface area contributed by atoms with Gasteiger partial charge in [-0.2, -0.15) is 0 Å². The second-order valence-corrected chi connectivity index (χ2v) is 4.64. The van der Waals surface area contributed by atoms with Crippen LogP contribution in [0.2, 0.25) is 0 Å². The van der Waals surface area contributed by atoms with Crippen molar-refractivity contribution in [2.45, 2.75) is 12.5 Å². The van der Waals surface area contributed by atoms with Crippen molar-refractivity contribution in [2.24, 2.45) is 5.73 Å². The van der Waals surface area contributed by atoms with Crippen molar-refractivity contribution in [1.82, 2.24) is 9.88 Å². The van der Waals surface area contributed by atoms with Crippen molar-refractivity contribution in [3.05, 3.63) is 21.5 Å². The standard InChI is InChI=1S/C9H12IN3O/c10-6-3-8-9(14)12-4-7(1-2-11)13(8)5-6/h3,5,7H,1-2,4,11H2,(H,12,14). The number of amides is 1. The van der Waals surface area contributed by atoms with Gasteiger partial charge in [-0.25, -0.2) is 0 Å². The van der Waals surface area contributed by atoms with E-state index in [-0.39, 0.29) is 5.91 Å². The quantitative estimate of drug-likeness (QED) is 0.791. The van der Waals surface area contributed by atoms with Crippen LogP contribution in [-0.2, 0) is 0 Å². The lowest BCUT2D eigenvalue weighted by Gasteiger charge is -2.25. The maximum Gasteiger partial charge on any atom is 0.268 e. The molecule has 2 rings (SSSR count). The second-order valence-electron chi connectivity index (χ2n) is 3.39. The summed E-state index contributed by atoms with van der Waals surface area (Å²) in [5.74, 6) is 0.0150. The Morgan fingerprint density at radius 3 is 3.21 bits per heavy atom. The van der Waals surface area contributed by atoms with Crippen molar-refractivity contribution in [2.75, 3.05) is 13.1 Å². The molecule has 0 saturated heterocycles. The summed E-state index contributed by atoms with van der Waals surface area (Å²) in [6.45, 7) is 1.34. The number of fused-ring (bicyclic) bond motifs is 1. The summed E-state index contributed by atoms with van der Waals surface area (Å²) in [7, 11) is 0. The molecule has 1 aliphatic heterocycles. The number of aromatic nitrogens is 1. The summed E-state index contributed by atoms with van der Waals surface area (Å²) in [5.41, 5.74) is 6.28. The minimum Gasteiger partial charge on any atom is -0.349 e. The van der Waals surface area contributed by atoms with Gasteiger partial charge in [0.2, 0.25) is 0 Å². The molecular weight excluding hydrogens is 293 g/mol. The topological polar surface area (TPSA) is 60.0 Å². The Labute approximate surface area is 96.0 Å². The Kier molecular flexibility index (Phi) is 2.78. The first-order chi connectivity index (χ1) is 6.72. The Balaban J connectivity index is 2.36. The van der Waals surface area contributed by atoms with Crippen LogP contribution in [0.1, 0.15) is 23.0 Å². The molecule has 0 radical (unpaired) electrons. The minimum atomic E-state index is 0.0150. The fourth-order valence-corrected chi connectivity index (χ4v) is 2.36. The molecule has 3 N–H and O–H groups in total. The van der Waals surface area contributed by atoms with E-state index in [1.807, 2.05) is 16.8 Å². The summed E-state index contributed by atoms with van der Waals surface area (Å²) in [6, 6.07) is 2.22. The van der Waals surface area contributed by atoms with Gasteiger partial charge in [0.05, 0.1) is 6.04 Å². The molecule has 4 nitrogen and oxygen atoms in total. The number of hydrogen-bond donors (Lipinski definition) is 2. The molecule has 0 saturated carbocycles. The van der Waals surface area contributed by atoms with E-state index in [1.54, 1.807) is 0 Å². The SMILES string of the molecule is NCCC1CNC(=O)c2cc(I)cn21. The number of carbonyl (C=O) groups is 1. The number of nitrogens with one attached hydrogen (secondary N) is 1. The minimum absolute atomic E-state index is 0.0150. The number of carbonyl (C=O) groups excluding carboxylic acids is 1. The van der Waals surface area contributed by atoms with Gasteiger partial charge in [0, 0.05) is 16.3 Å². The van der Waals surface area contributed by atoms with E-state index in [0.717, 1.165) is 15.7 Å². The summed E-state index contributed by atoms with van der Waals surface area (Å²) in [4.78, 5) is 11.5. The van der Waals surface area contributed by atoms with Crippen LogP contribution < -0.4 is 11.1 Å². The molecule has 0 bridgehead atoms. The summed E-state index contributed by atoms with van der Waals surface area (Å²) in [6.07, 6.45) is 2.91. The molecule has 5 heteroatoms. The van der Waals surface area contributed by atoms with Gasteiger partial charge in [-0.05, 0) is 41.6 Å². The molecule has 1 aromatic rings. The van der Waals surface area contributed by atoms with Gasteiger partial charge in [-0.3, -0.25) is 4.79 Å². The maximum atomic E-state index is 11.5. The largest absolute Gasteiger partial charge is 0.349 e. The monoisotopic (exact) mass is 305 g/mol. The summed E-state index contributed by atoms with van der Waals surface area (Å²) < 4.78 is 3.13. The zero-order chi connectivity index (χ0) is 10.1. The van der Waals surface area contributed by atoms with Gasteiger partial charge in [0.1, 0.15) is 5.69 Å². The second kappa shape index (κ2) is 3.90. The number of rotatable bonds is 2. The molecule has 1 aromatic heterocycles. The van der Waals surface area contributed by atoms with E-state index >= 15 is 0 Å². The first-order valence-corrected chi connectivity index (χ1v) is 5.66. The van der Waals surface area contributed by atoms with Crippen molar-refractivity contribution < 1.29 is 4.79 Å². The molecule has 76 valence electrons. The van der Waals surface area contributed by atoms with Crippen molar-refractivity contribution in [3.8, 4) is 0 Å². The molecule has 1 atom stereocenters. The fourth-order valence-electron chi connectivity index (χ4n) is 1.76. The highest BCUT2D eigenvalue weighted by atomic mass is 127. The molecule has 1 amide bonds. The van der Waals surface area contributed by atoms with Crippen molar-refractivity contribution >= 4 is 28.5 Å². The van der Waals surface area contributed by atoms with Crippen LogP contribution >= 0.6 is 22.6 Å². The predicted octanol–water partition coefficient (Wildman–Crippen LogP) is 0.726. The lowest BCUT2D eigenvalue weighted by atomic mass is 10.1. The van der Waals surface area contributed by atoms with Gasteiger partial charge < -0.3 is 15.6 Å². The van der Waals surface area contributed by atoms with Crippen LogP contribution in [0.4, 0.5) is 0 Å². The molecule has 0 fully saturated rings. The van der Waals surface area contributed by atoms with Crippen LogP contribution in [0.15, 0.2) is 12.3 Å². The highest BCUT2D eigenvalue weighted by Crippen LogP contribution is 2.21. The number of nitrogens with zero attached hydrogens (tertiary/aromatic N) is 1. The number of halogens is 1. The van der Waals surface area contributed by atoms with Crippen LogP contribution in [0, 0.1) is 3.57 Å². The number of hydrogen-bond acceptors (Lipinski definition) is 2. The maximum absolute atomic E-state index is 11.5. The van der Waals surface area contributed by atoms with E-state index in [0.29, 0.717) is 19.1 Å². The molecule has 1 unspecified atom stereocenters.